The number of hydrogen-bond acceptors (Lipinski definition) is 5. The Hall–Kier alpha value is -3.02. The Morgan fingerprint density at radius 3 is 2.68 bits per heavy atom. The average Bonchev–Trinajstić information content (AvgIpc) is 2.62. The molecule has 0 spiro atoms. The SMILES string of the molecule is COC(=O)c1cc(-c2nn(C(C)C)c(=O)c3cccnc23)ccc1C. The Bertz CT molecular complexity index is 1020. The molecule has 0 bridgehead atoms. The number of carbonyl (C=O) groups is 1. The van der Waals surface area contributed by atoms with Gasteiger partial charge in [-0.2, -0.15) is 5.10 Å². The van der Waals surface area contributed by atoms with Crippen LogP contribution in [0.25, 0.3) is 22.2 Å². The van der Waals surface area contributed by atoms with Crippen molar-refractivity contribution in [3.8, 4) is 11.3 Å². The zero-order valence-corrected chi connectivity index (χ0v) is 14.6. The molecule has 0 unspecified atom stereocenters. The maximum atomic E-state index is 12.6. The van der Waals surface area contributed by atoms with Gasteiger partial charge in [0.2, 0.25) is 0 Å². The van der Waals surface area contributed by atoms with Gasteiger partial charge in [0.1, 0.15) is 11.2 Å². The maximum absolute atomic E-state index is 12.6. The highest BCUT2D eigenvalue weighted by Gasteiger charge is 2.17. The topological polar surface area (TPSA) is 74.1 Å². The molecule has 0 atom stereocenters. The summed E-state index contributed by atoms with van der Waals surface area (Å²) in [6.07, 6.45) is 1.63. The summed E-state index contributed by atoms with van der Waals surface area (Å²) in [6.45, 7) is 5.64. The van der Waals surface area contributed by atoms with Crippen molar-refractivity contribution in [1.82, 2.24) is 14.8 Å². The van der Waals surface area contributed by atoms with E-state index >= 15 is 0 Å². The third-order valence-corrected chi connectivity index (χ3v) is 4.08. The predicted octanol–water partition coefficient (Wildman–Crippen LogP) is 3.13. The number of aromatic nitrogens is 3. The van der Waals surface area contributed by atoms with E-state index in [4.69, 9.17) is 4.74 Å². The summed E-state index contributed by atoms with van der Waals surface area (Å²) in [4.78, 5) is 29.0. The van der Waals surface area contributed by atoms with Gasteiger partial charge in [-0.3, -0.25) is 9.78 Å². The first-order chi connectivity index (χ1) is 11.9. The molecular weight excluding hydrogens is 318 g/mol. The lowest BCUT2D eigenvalue weighted by molar-refractivity contribution is 0.0600. The van der Waals surface area contributed by atoms with Crippen molar-refractivity contribution >= 4 is 16.9 Å². The number of nitrogens with zero attached hydrogens (tertiary/aromatic N) is 3. The number of fused-ring (bicyclic) bond motifs is 1. The van der Waals surface area contributed by atoms with Gasteiger partial charge in [-0.05, 0) is 44.5 Å². The predicted molar refractivity (Wildman–Crippen MR) is 95.7 cm³/mol. The maximum Gasteiger partial charge on any atom is 0.338 e. The molecule has 0 saturated carbocycles. The van der Waals surface area contributed by atoms with Gasteiger partial charge in [0.05, 0.1) is 24.1 Å². The van der Waals surface area contributed by atoms with Crippen LogP contribution in [0.5, 0.6) is 0 Å². The van der Waals surface area contributed by atoms with Gasteiger partial charge in [-0.1, -0.05) is 12.1 Å². The number of ether oxygens (including phenoxy) is 1. The summed E-state index contributed by atoms with van der Waals surface area (Å²) in [7, 11) is 1.35. The lowest BCUT2D eigenvalue weighted by Crippen LogP contribution is -2.25. The minimum absolute atomic E-state index is 0.0959. The molecule has 0 radical (unpaired) electrons. The van der Waals surface area contributed by atoms with Crippen molar-refractivity contribution in [3.05, 3.63) is 58.0 Å². The van der Waals surface area contributed by atoms with E-state index in [2.05, 4.69) is 10.1 Å². The van der Waals surface area contributed by atoms with Gasteiger partial charge in [-0.15, -0.1) is 0 Å². The number of carbonyl (C=O) groups excluding carboxylic acids is 1. The number of esters is 1. The molecule has 0 aliphatic carbocycles. The zero-order chi connectivity index (χ0) is 18.1. The summed E-state index contributed by atoms with van der Waals surface area (Å²) in [5, 5.41) is 5.02. The average molecular weight is 337 g/mol. The Kier molecular flexibility index (Phi) is 4.35. The van der Waals surface area contributed by atoms with Crippen molar-refractivity contribution in [2.75, 3.05) is 7.11 Å². The summed E-state index contributed by atoms with van der Waals surface area (Å²) in [6, 6.07) is 8.81. The molecule has 3 aromatic rings. The van der Waals surface area contributed by atoms with Gasteiger partial charge >= 0.3 is 5.97 Å². The van der Waals surface area contributed by atoms with E-state index in [0.29, 0.717) is 27.7 Å². The van der Waals surface area contributed by atoms with Gasteiger partial charge < -0.3 is 4.74 Å². The molecule has 0 aliphatic heterocycles. The summed E-state index contributed by atoms with van der Waals surface area (Å²) in [5.74, 6) is -0.409. The Morgan fingerprint density at radius 1 is 1.24 bits per heavy atom. The summed E-state index contributed by atoms with van der Waals surface area (Å²) in [5.41, 5.74) is 2.89. The van der Waals surface area contributed by atoms with Crippen LogP contribution in [-0.4, -0.2) is 27.8 Å². The highest BCUT2D eigenvalue weighted by molar-refractivity contribution is 5.95. The molecule has 128 valence electrons. The van der Waals surface area contributed by atoms with Crippen LogP contribution in [0.15, 0.2) is 41.3 Å². The van der Waals surface area contributed by atoms with Crippen LogP contribution in [0.3, 0.4) is 0 Å². The second-order valence-corrected chi connectivity index (χ2v) is 6.11. The second-order valence-electron chi connectivity index (χ2n) is 6.11. The van der Waals surface area contributed by atoms with E-state index in [9.17, 15) is 9.59 Å². The van der Waals surface area contributed by atoms with Gasteiger partial charge in [-0.25, -0.2) is 9.48 Å². The van der Waals surface area contributed by atoms with Crippen LogP contribution in [0.2, 0.25) is 0 Å². The summed E-state index contributed by atoms with van der Waals surface area (Å²) >= 11 is 0. The van der Waals surface area contributed by atoms with Crippen molar-refractivity contribution in [2.45, 2.75) is 26.8 Å². The molecular formula is C19H19N3O3. The van der Waals surface area contributed by atoms with E-state index in [-0.39, 0.29) is 11.6 Å². The van der Waals surface area contributed by atoms with Crippen LogP contribution in [0.4, 0.5) is 0 Å². The monoisotopic (exact) mass is 337 g/mol. The smallest absolute Gasteiger partial charge is 0.338 e. The molecule has 3 rings (SSSR count). The first kappa shape index (κ1) is 16.8. The molecule has 0 N–H and O–H groups in total. The molecule has 0 amide bonds. The van der Waals surface area contributed by atoms with Crippen molar-refractivity contribution in [3.63, 3.8) is 0 Å². The quantitative estimate of drug-likeness (QED) is 0.687. The van der Waals surface area contributed by atoms with Crippen molar-refractivity contribution in [1.29, 1.82) is 0 Å². The fourth-order valence-corrected chi connectivity index (χ4v) is 2.73. The number of aryl methyl sites for hydroxylation is 1. The molecule has 6 heteroatoms. The molecule has 0 aliphatic rings. The number of methoxy groups -OCH3 is 1. The lowest BCUT2D eigenvalue weighted by Gasteiger charge is -2.14. The van der Waals surface area contributed by atoms with Crippen molar-refractivity contribution < 1.29 is 9.53 Å². The number of rotatable bonds is 3. The molecule has 0 saturated heterocycles. The highest BCUT2D eigenvalue weighted by Crippen LogP contribution is 2.26. The highest BCUT2D eigenvalue weighted by atomic mass is 16.5. The van der Waals surface area contributed by atoms with Crippen LogP contribution in [0, 0.1) is 6.92 Å². The normalized spacial score (nSPS) is 11.1. The van der Waals surface area contributed by atoms with E-state index in [1.54, 1.807) is 24.4 Å². The van der Waals surface area contributed by atoms with E-state index in [1.807, 2.05) is 32.9 Å². The minimum atomic E-state index is -0.409. The molecule has 2 aromatic heterocycles. The molecule has 25 heavy (non-hydrogen) atoms. The van der Waals surface area contributed by atoms with Gasteiger partial charge in [0.15, 0.2) is 0 Å². The van der Waals surface area contributed by atoms with E-state index < -0.39 is 5.97 Å². The third-order valence-electron chi connectivity index (χ3n) is 4.08. The third kappa shape index (κ3) is 2.91. The number of pyridine rings is 1. The second kappa shape index (κ2) is 6.47. The first-order valence-corrected chi connectivity index (χ1v) is 8.01. The Balaban J connectivity index is 2.34. The lowest BCUT2D eigenvalue weighted by atomic mass is 10.0. The fraction of sp³-hybridized carbons (Fsp3) is 0.263. The van der Waals surface area contributed by atoms with Crippen molar-refractivity contribution in [2.24, 2.45) is 0 Å². The first-order valence-electron chi connectivity index (χ1n) is 8.01. The van der Waals surface area contributed by atoms with Crippen LogP contribution < -0.4 is 5.56 Å². The Morgan fingerprint density at radius 2 is 2.00 bits per heavy atom. The minimum Gasteiger partial charge on any atom is -0.465 e. The molecule has 2 heterocycles. The Labute approximate surface area is 145 Å². The van der Waals surface area contributed by atoms with Gasteiger partial charge in [0, 0.05) is 11.8 Å². The molecule has 0 fully saturated rings. The van der Waals surface area contributed by atoms with E-state index in [1.165, 1.54) is 11.8 Å². The number of benzene rings is 1. The zero-order valence-electron chi connectivity index (χ0n) is 14.6. The molecule has 6 nitrogen and oxygen atoms in total. The summed E-state index contributed by atoms with van der Waals surface area (Å²) < 4.78 is 6.29. The van der Waals surface area contributed by atoms with Crippen LogP contribution in [0.1, 0.15) is 35.8 Å². The standard InChI is InChI=1S/C19H19N3O3/c1-11(2)22-18(23)14-6-5-9-20-17(14)16(21-22)13-8-7-12(3)15(10-13)19(24)25-4/h5-11H,1-4H3. The number of hydrogen-bond donors (Lipinski definition) is 0. The fourth-order valence-electron chi connectivity index (χ4n) is 2.73. The largest absolute Gasteiger partial charge is 0.465 e. The van der Waals surface area contributed by atoms with Crippen LogP contribution >= 0.6 is 0 Å². The molecule has 1 aromatic carbocycles. The van der Waals surface area contributed by atoms with Crippen LogP contribution in [-0.2, 0) is 4.74 Å². The van der Waals surface area contributed by atoms with Gasteiger partial charge in [0.25, 0.3) is 5.56 Å². The van der Waals surface area contributed by atoms with E-state index in [0.717, 1.165) is 5.56 Å².